The SMILES string of the molecule is Cc1cc(Cl)ccc1NC(=O)CSc1nnc(COc2ccc3c(c2)CCCC3)o1. The lowest BCUT2D eigenvalue weighted by molar-refractivity contribution is -0.113. The van der Waals surface area contributed by atoms with Crippen molar-refractivity contribution in [3.05, 3.63) is 64.0 Å². The largest absolute Gasteiger partial charge is 0.484 e. The van der Waals surface area contributed by atoms with Crippen LogP contribution in [0.15, 0.2) is 46.0 Å². The highest BCUT2D eigenvalue weighted by atomic mass is 35.5. The number of rotatable bonds is 7. The zero-order valence-corrected chi connectivity index (χ0v) is 18.2. The second-order valence-electron chi connectivity index (χ2n) is 7.18. The van der Waals surface area contributed by atoms with Crippen LogP contribution in [0.4, 0.5) is 5.69 Å². The van der Waals surface area contributed by atoms with Crippen LogP contribution in [-0.2, 0) is 24.2 Å². The van der Waals surface area contributed by atoms with Gasteiger partial charge in [0.2, 0.25) is 5.91 Å². The highest BCUT2D eigenvalue weighted by Crippen LogP contribution is 2.26. The van der Waals surface area contributed by atoms with Gasteiger partial charge in [-0.2, -0.15) is 0 Å². The van der Waals surface area contributed by atoms with Crippen LogP contribution < -0.4 is 10.1 Å². The van der Waals surface area contributed by atoms with Crippen LogP contribution in [0.2, 0.25) is 5.02 Å². The number of halogens is 1. The molecule has 1 heterocycles. The number of carbonyl (C=O) groups is 1. The third-order valence-electron chi connectivity index (χ3n) is 4.92. The molecule has 3 aromatic rings. The summed E-state index contributed by atoms with van der Waals surface area (Å²) in [4.78, 5) is 12.2. The average molecular weight is 444 g/mol. The lowest BCUT2D eigenvalue weighted by Crippen LogP contribution is -2.14. The van der Waals surface area contributed by atoms with E-state index in [-0.39, 0.29) is 18.3 Å². The maximum absolute atomic E-state index is 12.2. The molecule has 1 aliphatic rings. The Labute approximate surface area is 184 Å². The van der Waals surface area contributed by atoms with Gasteiger partial charge in [-0.3, -0.25) is 4.79 Å². The van der Waals surface area contributed by atoms with Gasteiger partial charge in [-0.25, -0.2) is 0 Å². The maximum atomic E-state index is 12.2. The first-order chi connectivity index (χ1) is 14.6. The van der Waals surface area contributed by atoms with Gasteiger partial charge < -0.3 is 14.5 Å². The summed E-state index contributed by atoms with van der Waals surface area (Å²) in [6.45, 7) is 2.09. The molecule has 1 amide bonds. The fourth-order valence-corrected chi connectivity index (χ4v) is 4.19. The fourth-order valence-electron chi connectivity index (χ4n) is 3.38. The van der Waals surface area contributed by atoms with Crippen LogP contribution >= 0.6 is 23.4 Å². The molecule has 1 N–H and O–H groups in total. The van der Waals surface area contributed by atoms with Crippen LogP contribution in [0.25, 0.3) is 0 Å². The van der Waals surface area contributed by atoms with Gasteiger partial charge in [0, 0.05) is 10.7 Å². The third kappa shape index (κ3) is 5.34. The first-order valence-corrected chi connectivity index (χ1v) is 11.2. The highest BCUT2D eigenvalue weighted by Gasteiger charge is 2.13. The number of hydrogen-bond donors (Lipinski definition) is 1. The van der Waals surface area contributed by atoms with Gasteiger partial charge in [0.15, 0.2) is 6.61 Å². The van der Waals surface area contributed by atoms with E-state index in [0.717, 1.165) is 29.8 Å². The van der Waals surface area contributed by atoms with Gasteiger partial charge in [0.25, 0.3) is 11.1 Å². The average Bonchev–Trinajstić information content (AvgIpc) is 3.20. The van der Waals surface area contributed by atoms with E-state index in [9.17, 15) is 4.79 Å². The fraction of sp³-hybridized carbons (Fsp3) is 0.318. The van der Waals surface area contributed by atoms with Gasteiger partial charge in [0.05, 0.1) is 5.75 Å². The number of nitrogens with zero attached hydrogens (tertiary/aromatic N) is 2. The smallest absolute Gasteiger partial charge is 0.277 e. The molecule has 0 fully saturated rings. The number of aromatic nitrogens is 2. The highest BCUT2D eigenvalue weighted by molar-refractivity contribution is 7.99. The molecule has 4 rings (SSSR count). The van der Waals surface area contributed by atoms with Crippen molar-refractivity contribution in [2.75, 3.05) is 11.1 Å². The second kappa shape index (κ2) is 9.53. The van der Waals surface area contributed by atoms with Gasteiger partial charge in [-0.15, -0.1) is 10.2 Å². The number of ether oxygens (including phenoxy) is 1. The summed E-state index contributed by atoms with van der Waals surface area (Å²) in [5.41, 5.74) is 4.41. The molecule has 30 heavy (non-hydrogen) atoms. The molecule has 8 heteroatoms. The molecular weight excluding hydrogens is 422 g/mol. The van der Waals surface area contributed by atoms with Crippen molar-refractivity contribution >= 4 is 35.0 Å². The molecule has 2 aromatic carbocycles. The molecule has 6 nitrogen and oxygen atoms in total. The molecule has 0 bridgehead atoms. The van der Waals surface area contributed by atoms with E-state index in [1.807, 2.05) is 13.0 Å². The number of thioether (sulfide) groups is 1. The molecule has 156 valence electrons. The van der Waals surface area contributed by atoms with Crippen LogP contribution in [-0.4, -0.2) is 21.9 Å². The van der Waals surface area contributed by atoms with E-state index in [2.05, 4.69) is 27.6 Å². The number of benzene rings is 2. The predicted octanol–water partition coefficient (Wildman–Crippen LogP) is 5.22. The molecule has 0 aliphatic heterocycles. The third-order valence-corrected chi connectivity index (χ3v) is 5.97. The topological polar surface area (TPSA) is 77.2 Å². The zero-order valence-electron chi connectivity index (χ0n) is 16.6. The van der Waals surface area contributed by atoms with Crippen LogP contribution in [0.3, 0.4) is 0 Å². The van der Waals surface area contributed by atoms with Crippen molar-refractivity contribution in [2.24, 2.45) is 0 Å². The van der Waals surface area contributed by atoms with E-state index in [0.29, 0.717) is 16.1 Å². The van der Waals surface area contributed by atoms with Crippen molar-refractivity contribution in [3.8, 4) is 5.75 Å². The van der Waals surface area contributed by atoms with E-state index in [4.69, 9.17) is 20.8 Å². The Morgan fingerprint density at radius 2 is 2.00 bits per heavy atom. The number of anilines is 1. The van der Waals surface area contributed by atoms with E-state index in [1.54, 1.807) is 18.2 Å². The molecule has 0 atom stereocenters. The Bertz CT molecular complexity index is 1050. The first kappa shape index (κ1) is 20.8. The standard InChI is InChI=1S/C22H22ClN3O3S/c1-14-10-17(23)7-9-19(14)24-20(27)13-30-22-26-25-21(29-22)12-28-18-8-6-15-4-2-3-5-16(15)11-18/h6-11H,2-5,12-13H2,1H3,(H,24,27). The van der Waals surface area contributed by atoms with Crippen molar-refractivity contribution in [1.82, 2.24) is 10.2 Å². The molecule has 0 saturated carbocycles. The quantitative estimate of drug-likeness (QED) is 0.504. The summed E-state index contributed by atoms with van der Waals surface area (Å²) >= 11 is 7.12. The Morgan fingerprint density at radius 3 is 2.83 bits per heavy atom. The number of hydrogen-bond acceptors (Lipinski definition) is 6. The van der Waals surface area contributed by atoms with Gasteiger partial charge in [-0.05, 0) is 79.6 Å². The zero-order chi connectivity index (χ0) is 20.9. The number of carbonyl (C=O) groups excluding carboxylic acids is 1. The maximum Gasteiger partial charge on any atom is 0.277 e. The van der Waals surface area contributed by atoms with E-state index >= 15 is 0 Å². The Kier molecular flexibility index (Phi) is 6.59. The Morgan fingerprint density at radius 1 is 1.17 bits per heavy atom. The molecule has 0 spiro atoms. The summed E-state index contributed by atoms with van der Waals surface area (Å²) in [7, 11) is 0. The van der Waals surface area contributed by atoms with Crippen LogP contribution in [0.5, 0.6) is 5.75 Å². The van der Waals surface area contributed by atoms with Gasteiger partial charge in [-0.1, -0.05) is 29.4 Å². The monoisotopic (exact) mass is 443 g/mol. The lowest BCUT2D eigenvalue weighted by Gasteiger charge is -2.16. The summed E-state index contributed by atoms with van der Waals surface area (Å²) in [5, 5.41) is 11.8. The van der Waals surface area contributed by atoms with E-state index < -0.39 is 0 Å². The van der Waals surface area contributed by atoms with E-state index in [1.165, 1.54) is 35.7 Å². The van der Waals surface area contributed by atoms with Gasteiger partial charge in [0.1, 0.15) is 5.75 Å². The molecule has 0 saturated heterocycles. The molecule has 1 aromatic heterocycles. The molecule has 0 radical (unpaired) electrons. The van der Waals surface area contributed by atoms with Crippen molar-refractivity contribution in [1.29, 1.82) is 0 Å². The second-order valence-corrected chi connectivity index (χ2v) is 8.55. The number of aryl methyl sites for hydroxylation is 3. The minimum Gasteiger partial charge on any atom is -0.484 e. The van der Waals surface area contributed by atoms with Crippen molar-refractivity contribution in [3.63, 3.8) is 0 Å². The first-order valence-electron chi connectivity index (χ1n) is 9.82. The summed E-state index contributed by atoms with van der Waals surface area (Å²) in [5.74, 6) is 1.19. The number of fused-ring (bicyclic) bond motifs is 1. The predicted molar refractivity (Wildman–Crippen MR) is 117 cm³/mol. The number of amides is 1. The minimum absolute atomic E-state index is 0.157. The summed E-state index contributed by atoms with van der Waals surface area (Å²) in [6, 6.07) is 11.5. The normalized spacial score (nSPS) is 13.0. The lowest BCUT2D eigenvalue weighted by atomic mass is 9.92. The molecule has 0 unspecified atom stereocenters. The van der Waals surface area contributed by atoms with Crippen molar-refractivity contribution in [2.45, 2.75) is 44.4 Å². The Balaban J connectivity index is 1.26. The minimum atomic E-state index is -0.157. The van der Waals surface area contributed by atoms with Crippen LogP contribution in [0.1, 0.15) is 35.4 Å². The summed E-state index contributed by atoms with van der Waals surface area (Å²) < 4.78 is 11.4. The molecule has 1 aliphatic carbocycles. The van der Waals surface area contributed by atoms with Gasteiger partial charge >= 0.3 is 0 Å². The summed E-state index contributed by atoms with van der Waals surface area (Å²) in [6.07, 6.45) is 4.73. The molecular formula is C22H22ClN3O3S. The Hall–Kier alpha value is -2.51. The van der Waals surface area contributed by atoms with Crippen molar-refractivity contribution < 1.29 is 13.9 Å². The van der Waals surface area contributed by atoms with Crippen LogP contribution in [0, 0.1) is 6.92 Å². The number of nitrogens with one attached hydrogen (secondary N) is 1.